The molecule has 0 bridgehead atoms. The molecule has 2 heterocycles. The lowest BCUT2D eigenvalue weighted by Crippen LogP contribution is -2.54. The summed E-state index contributed by atoms with van der Waals surface area (Å²) in [5.41, 5.74) is 1.08. The first-order valence-corrected chi connectivity index (χ1v) is 9.66. The van der Waals surface area contributed by atoms with Gasteiger partial charge in [0.1, 0.15) is 5.54 Å². The molecule has 1 aliphatic heterocycles. The molecular formula is C22H27N3O4. The highest BCUT2D eigenvalue weighted by Gasteiger charge is 2.46. The Kier molecular flexibility index (Phi) is 6.36. The van der Waals surface area contributed by atoms with Crippen LogP contribution >= 0.6 is 0 Å². The molecule has 0 radical (unpaired) electrons. The van der Waals surface area contributed by atoms with Gasteiger partial charge in [-0.15, -0.1) is 0 Å². The minimum atomic E-state index is -0.851. The van der Waals surface area contributed by atoms with Crippen molar-refractivity contribution >= 4 is 11.8 Å². The Morgan fingerprint density at radius 2 is 2.00 bits per heavy atom. The number of hydrogen-bond acceptors (Lipinski definition) is 5. The number of ether oxygens (including phenoxy) is 2. The average Bonchev–Trinajstić information content (AvgIpc) is 3.05. The zero-order valence-corrected chi connectivity index (χ0v) is 17.1. The smallest absolute Gasteiger partial charge is 0.245 e. The third-order valence-electron chi connectivity index (χ3n) is 5.46. The summed E-state index contributed by atoms with van der Waals surface area (Å²) in [6.07, 6.45) is 4.92. The van der Waals surface area contributed by atoms with Gasteiger partial charge in [0.25, 0.3) is 0 Å². The van der Waals surface area contributed by atoms with Crippen molar-refractivity contribution in [2.75, 3.05) is 20.8 Å². The maximum atomic E-state index is 12.9. The number of amides is 2. The van der Waals surface area contributed by atoms with Crippen LogP contribution in [0.3, 0.4) is 0 Å². The number of nitrogens with zero attached hydrogens (tertiary/aromatic N) is 2. The summed E-state index contributed by atoms with van der Waals surface area (Å²) in [6.45, 7) is 2.69. The van der Waals surface area contributed by atoms with Crippen LogP contribution in [-0.4, -0.2) is 48.0 Å². The predicted octanol–water partition coefficient (Wildman–Crippen LogP) is 2.34. The molecule has 2 aromatic rings. The monoisotopic (exact) mass is 397 g/mol. The highest BCUT2D eigenvalue weighted by atomic mass is 16.5. The maximum absolute atomic E-state index is 12.9. The molecular weight excluding hydrogens is 370 g/mol. The van der Waals surface area contributed by atoms with Crippen LogP contribution in [0.5, 0.6) is 11.5 Å². The number of likely N-dealkylation sites (tertiary alicyclic amines) is 1. The summed E-state index contributed by atoms with van der Waals surface area (Å²) >= 11 is 0. The molecule has 1 N–H and O–H groups in total. The number of methoxy groups -OCH3 is 2. The fourth-order valence-electron chi connectivity index (χ4n) is 3.66. The molecule has 7 heteroatoms. The number of carbonyl (C=O) groups is 2. The van der Waals surface area contributed by atoms with Gasteiger partial charge in [-0.2, -0.15) is 0 Å². The quantitative estimate of drug-likeness (QED) is 0.740. The number of aromatic nitrogens is 1. The van der Waals surface area contributed by atoms with Crippen molar-refractivity contribution in [3.63, 3.8) is 0 Å². The molecule has 29 heavy (non-hydrogen) atoms. The topological polar surface area (TPSA) is 80.8 Å². The van der Waals surface area contributed by atoms with Gasteiger partial charge in [-0.3, -0.25) is 14.6 Å². The molecule has 1 aliphatic rings. The molecule has 0 saturated carbocycles. The molecule has 1 saturated heterocycles. The first-order valence-electron chi connectivity index (χ1n) is 9.66. The Hall–Kier alpha value is -3.09. The number of benzene rings is 1. The fraction of sp³-hybridized carbons (Fsp3) is 0.409. The number of nitrogens with one attached hydrogen (secondary N) is 1. The number of rotatable bonds is 8. The Labute approximate surface area is 171 Å². The van der Waals surface area contributed by atoms with E-state index in [0.29, 0.717) is 43.9 Å². The third-order valence-corrected chi connectivity index (χ3v) is 5.46. The summed E-state index contributed by atoms with van der Waals surface area (Å²) in [5, 5.41) is 2.95. The Morgan fingerprint density at radius 1 is 1.21 bits per heavy atom. The van der Waals surface area contributed by atoms with Crippen molar-refractivity contribution in [3.05, 3.63) is 53.9 Å². The minimum Gasteiger partial charge on any atom is -0.493 e. The summed E-state index contributed by atoms with van der Waals surface area (Å²) in [5.74, 6) is 1.17. The van der Waals surface area contributed by atoms with Crippen LogP contribution in [0.1, 0.15) is 30.9 Å². The van der Waals surface area contributed by atoms with E-state index >= 15 is 0 Å². The lowest BCUT2D eigenvalue weighted by Gasteiger charge is -2.34. The van der Waals surface area contributed by atoms with Gasteiger partial charge in [-0.25, -0.2) is 0 Å². The summed E-state index contributed by atoms with van der Waals surface area (Å²) in [7, 11) is 3.19. The molecule has 0 aliphatic carbocycles. The zero-order valence-electron chi connectivity index (χ0n) is 17.1. The van der Waals surface area contributed by atoms with Gasteiger partial charge in [0.2, 0.25) is 11.8 Å². The van der Waals surface area contributed by atoms with Crippen molar-refractivity contribution in [2.24, 2.45) is 0 Å². The van der Waals surface area contributed by atoms with E-state index < -0.39 is 5.54 Å². The lowest BCUT2D eigenvalue weighted by atomic mass is 9.97. The van der Waals surface area contributed by atoms with Crippen LogP contribution in [0.4, 0.5) is 0 Å². The van der Waals surface area contributed by atoms with Crippen LogP contribution in [0.25, 0.3) is 0 Å². The highest BCUT2D eigenvalue weighted by molar-refractivity contribution is 5.94. The largest absolute Gasteiger partial charge is 0.493 e. The molecule has 3 rings (SSSR count). The molecule has 2 amide bonds. The molecule has 0 spiro atoms. The second kappa shape index (κ2) is 8.94. The van der Waals surface area contributed by atoms with E-state index in [2.05, 4.69) is 10.3 Å². The van der Waals surface area contributed by atoms with Gasteiger partial charge in [0, 0.05) is 31.9 Å². The standard InChI is InChI=1S/C22H27N3O4/c1-22(21(27)24-15-17-5-4-11-23-14-17)10-8-20(26)25(22)12-9-16-6-7-18(28-2)19(13-16)29-3/h4-7,11,13-14H,8-10,12,15H2,1-3H3,(H,24,27)/t22-/m0/s1. The average molecular weight is 397 g/mol. The van der Waals surface area contributed by atoms with Crippen LogP contribution < -0.4 is 14.8 Å². The summed E-state index contributed by atoms with van der Waals surface area (Å²) in [6, 6.07) is 9.43. The molecule has 7 nitrogen and oxygen atoms in total. The van der Waals surface area contributed by atoms with Crippen molar-refractivity contribution < 1.29 is 19.1 Å². The molecule has 1 aromatic carbocycles. The van der Waals surface area contributed by atoms with E-state index in [-0.39, 0.29) is 11.8 Å². The fourth-order valence-corrected chi connectivity index (χ4v) is 3.66. The van der Waals surface area contributed by atoms with E-state index in [1.807, 2.05) is 37.3 Å². The van der Waals surface area contributed by atoms with E-state index in [1.165, 1.54) is 0 Å². The minimum absolute atomic E-state index is 0.00417. The molecule has 1 fully saturated rings. The second-order valence-corrected chi connectivity index (χ2v) is 7.30. The molecule has 154 valence electrons. The molecule has 1 aromatic heterocycles. The molecule has 1 atom stereocenters. The number of pyridine rings is 1. The normalized spacial score (nSPS) is 18.6. The highest BCUT2D eigenvalue weighted by Crippen LogP contribution is 2.32. The van der Waals surface area contributed by atoms with E-state index in [4.69, 9.17) is 9.47 Å². The lowest BCUT2D eigenvalue weighted by molar-refractivity contribution is -0.140. The summed E-state index contributed by atoms with van der Waals surface area (Å²) in [4.78, 5) is 31.2. The van der Waals surface area contributed by atoms with Crippen LogP contribution in [0.15, 0.2) is 42.7 Å². The van der Waals surface area contributed by atoms with Gasteiger partial charge in [0.15, 0.2) is 11.5 Å². The van der Waals surface area contributed by atoms with Crippen molar-refractivity contribution in [1.82, 2.24) is 15.2 Å². The van der Waals surface area contributed by atoms with Gasteiger partial charge in [0.05, 0.1) is 14.2 Å². The Bertz CT molecular complexity index is 872. The van der Waals surface area contributed by atoms with Crippen molar-refractivity contribution in [3.8, 4) is 11.5 Å². The van der Waals surface area contributed by atoms with Crippen LogP contribution in [0.2, 0.25) is 0 Å². The van der Waals surface area contributed by atoms with Crippen LogP contribution in [0, 0.1) is 0 Å². The van der Waals surface area contributed by atoms with Gasteiger partial charge in [-0.05, 0) is 49.1 Å². The van der Waals surface area contributed by atoms with Gasteiger partial charge >= 0.3 is 0 Å². The Morgan fingerprint density at radius 3 is 2.69 bits per heavy atom. The first-order chi connectivity index (χ1) is 14.0. The van der Waals surface area contributed by atoms with Crippen molar-refractivity contribution in [2.45, 2.75) is 38.3 Å². The predicted molar refractivity (Wildman–Crippen MR) is 109 cm³/mol. The van der Waals surface area contributed by atoms with Gasteiger partial charge in [-0.1, -0.05) is 12.1 Å². The zero-order chi connectivity index (χ0) is 20.9. The first kappa shape index (κ1) is 20.6. The van der Waals surface area contributed by atoms with E-state index in [1.54, 1.807) is 31.5 Å². The number of carbonyl (C=O) groups excluding carboxylic acids is 2. The Balaban J connectivity index is 1.67. The maximum Gasteiger partial charge on any atom is 0.245 e. The third kappa shape index (κ3) is 4.50. The van der Waals surface area contributed by atoms with E-state index in [0.717, 1.165) is 11.1 Å². The van der Waals surface area contributed by atoms with Gasteiger partial charge < -0.3 is 19.7 Å². The number of hydrogen-bond donors (Lipinski definition) is 1. The molecule has 0 unspecified atom stereocenters. The van der Waals surface area contributed by atoms with E-state index in [9.17, 15) is 9.59 Å². The summed E-state index contributed by atoms with van der Waals surface area (Å²) < 4.78 is 10.6. The second-order valence-electron chi connectivity index (χ2n) is 7.30. The van der Waals surface area contributed by atoms with Crippen molar-refractivity contribution in [1.29, 1.82) is 0 Å². The van der Waals surface area contributed by atoms with Crippen LogP contribution in [-0.2, 0) is 22.6 Å². The SMILES string of the molecule is COc1ccc(CCN2C(=O)CC[C@@]2(C)C(=O)NCc2cccnc2)cc1OC.